The van der Waals surface area contributed by atoms with E-state index < -0.39 is 0 Å². The topological polar surface area (TPSA) is 60.5 Å². The fourth-order valence-corrected chi connectivity index (χ4v) is 2.29. The molecule has 1 N–H and O–H groups in total. The molecule has 2 atom stereocenters. The summed E-state index contributed by atoms with van der Waals surface area (Å²) < 4.78 is 5.61. The van der Waals surface area contributed by atoms with E-state index in [1.807, 2.05) is 19.1 Å². The maximum absolute atomic E-state index is 12.1. The minimum Gasteiger partial charge on any atom is -0.373 e. The van der Waals surface area contributed by atoms with Crippen LogP contribution in [0.1, 0.15) is 25.3 Å². The number of hydroxylamine groups is 1. The van der Waals surface area contributed by atoms with Crippen LogP contribution < -0.4 is 5.48 Å². The van der Waals surface area contributed by atoms with Crippen molar-refractivity contribution in [2.24, 2.45) is 5.92 Å². The number of carbonyl (C=O) groups is 1. The van der Waals surface area contributed by atoms with Crippen molar-refractivity contribution in [3.63, 3.8) is 0 Å². The molecule has 1 aromatic rings. The summed E-state index contributed by atoms with van der Waals surface area (Å²) in [5.41, 5.74) is 4.28. The summed E-state index contributed by atoms with van der Waals surface area (Å²) in [6, 6.07) is 3.71. The number of nitrogens with zero attached hydrogens (tertiary/aromatic N) is 1. The predicted molar refractivity (Wildman–Crippen MR) is 74.4 cm³/mol. The SMILES string of the molecule is C=C(C)[C@@H]1OCCC[C@H]1C(=O)NOCc1cccnc1. The zero-order valence-electron chi connectivity index (χ0n) is 11.7. The number of aromatic nitrogens is 1. The highest BCUT2D eigenvalue weighted by Crippen LogP contribution is 2.25. The highest BCUT2D eigenvalue weighted by molar-refractivity contribution is 5.78. The van der Waals surface area contributed by atoms with Crippen LogP contribution in [-0.4, -0.2) is 23.6 Å². The van der Waals surface area contributed by atoms with Gasteiger partial charge in [0.1, 0.15) is 6.61 Å². The van der Waals surface area contributed by atoms with Crippen LogP contribution in [0.4, 0.5) is 0 Å². The lowest BCUT2D eigenvalue weighted by Crippen LogP contribution is -2.41. The molecule has 2 heterocycles. The van der Waals surface area contributed by atoms with E-state index in [0.717, 1.165) is 24.0 Å². The maximum Gasteiger partial charge on any atom is 0.249 e. The third-order valence-electron chi connectivity index (χ3n) is 3.28. The molecule has 1 aliphatic heterocycles. The Balaban J connectivity index is 1.83. The molecule has 0 bridgehead atoms. The quantitative estimate of drug-likeness (QED) is 0.660. The van der Waals surface area contributed by atoms with E-state index in [2.05, 4.69) is 17.0 Å². The summed E-state index contributed by atoms with van der Waals surface area (Å²) in [6.07, 6.45) is 4.85. The predicted octanol–water partition coefficient (Wildman–Crippen LogP) is 2.00. The van der Waals surface area contributed by atoms with Gasteiger partial charge in [-0.2, -0.15) is 0 Å². The van der Waals surface area contributed by atoms with Crippen molar-refractivity contribution >= 4 is 5.91 Å². The molecule has 1 saturated heterocycles. The molecule has 0 unspecified atom stereocenters. The molecule has 0 aromatic carbocycles. The van der Waals surface area contributed by atoms with E-state index in [4.69, 9.17) is 9.57 Å². The Bertz CT molecular complexity index is 461. The Morgan fingerprint density at radius 1 is 1.65 bits per heavy atom. The van der Waals surface area contributed by atoms with Gasteiger partial charge in [-0.05, 0) is 31.4 Å². The third kappa shape index (κ3) is 3.88. The summed E-state index contributed by atoms with van der Waals surface area (Å²) in [6.45, 7) is 6.74. The van der Waals surface area contributed by atoms with Gasteiger partial charge in [0, 0.05) is 19.0 Å². The molecular formula is C15H20N2O3. The van der Waals surface area contributed by atoms with Gasteiger partial charge < -0.3 is 4.74 Å². The molecule has 0 saturated carbocycles. The van der Waals surface area contributed by atoms with E-state index in [0.29, 0.717) is 13.2 Å². The molecule has 0 spiro atoms. The first-order valence-corrected chi connectivity index (χ1v) is 6.76. The van der Waals surface area contributed by atoms with Crippen LogP contribution >= 0.6 is 0 Å². The number of pyridine rings is 1. The van der Waals surface area contributed by atoms with Crippen molar-refractivity contribution in [1.82, 2.24) is 10.5 Å². The van der Waals surface area contributed by atoms with Gasteiger partial charge in [-0.1, -0.05) is 18.2 Å². The minimum absolute atomic E-state index is 0.151. The van der Waals surface area contributed by atoms with Crippen molar-refractivity contribution in [2.45, 2.75) is 32.5 Å². The molecular weight excluding hydrogens is 256 g/mol. The van der Waals surface area contributed by atoms with Gasteiger partial charge in [0.15, 0.2) is 0 Å². The van der Waals surface area contributed by atoms with Crippen molar-refractivity contribution in [1.29, 1.82) is 0 Å². The van der Waals surface area contributed by atoms with Crippen LogP contribution in [0.3, 0.4) is 0 Å². The first-order chi connectivity index (χ1) is 9.68. The molecule has 1 aromatic heterocycles. The standard InChI is InChI=1S/C15H20N2O3/c1-11(2)14-13(6-4-8-19-14)15(18)17-20-10-12-5-3-7-16-9-12/h3,5,7,9,13-14H,1,4,6,8,10H2,2H3,(H,17,18)/t13-,14+/m1/s1. The smallest absolute Gasteiger partial charge is 0.249 e. The Hall–Kier alpha value is -1.72. The third-order valence-corrected chi connectivity index (χ3v) is 3.28. The van der Waals surface area contributed by atoms with Crippen molar-refractivity contribution in [2.75, 3.05) is 6.61 Å². The van der Waals surface area contributed by atoms with Crippen molar-refractivity contribution < 1.29 is 14.4 Å². The highest BCUT2D eigenvalue weighted by Gasteiger charge is 2.32. The van der Waals surface area contributed by atoms with Gasteiger partial charge in [-0.25, -0.2) is 5.48 Å². The van der Waals surface area contributed by atoms with E-state index in [-0.39, 0.29) is 17.9 Å². The largest absolute Gasteiger partial charge is 0.373 e. The Morgan fingerprint density at radius 3 is 3.20 bits per heavy atom. The molecule has 2 rings (SSSR count). The number of hydrogen-bond donors (Lipinski definition) is 1. The van der Waals surface area contributed by atoms with Gasteiger partial charge in [-0.3, -0.25) is 14.6 Å². The molecule has 0 radical (unpaired) electrons. The minimum atomic E-state index is -0.227. The monoisotopic (exact) mass is 276 g/mol. The second kappa shape index (κ2) is 7.17. The van der Waals surface area contributed by atoms with Crippen LogP contribution in [-0.2, 0) is 21.0 Å². The maximum atomic E-state index is 12.1. The molecule has 0 aliphatic carbocycles. The normalized spacial score (nSPS) is 22.2. The molecule has 5 nitrogen and oxygen atoms in total. The van der Waals surface area contributed by atoms with E-state index in [1.54, 1.807) is 12.4 Å². The number of ether oxygens (including phenoxy) is 1. The van der Waals surface area contributed by atoms with Crippen LogP contribution in [0.2, 0.25) is 0 Å². The first kappa shape index (κ1) is 14.7. The zero-order chi connectivity index (χ0) is 14.4. The molecule has 108 valence electrons. The number of carbonyl (C=O) groups excluding carboxylic acids is 1. The average Bonchev–Trinajstić information content (AvgIpc) is 2.48. The fraction of sp³-hybridized carbons (Fsp3) is 0.467. The number of hydrogen-bond acceptors (Lipinski definition) is 4. The van der Waals surface area contributed by atoms with Crippen molar-refractivity contribution in [3.8, 4) is 0 Å². The average molecular weight is 276 g/mol. The Kier molecular flexibility index (Phi) is 5.26. The summed E-state index contributed by atoms with van der Waals surface area (Å²) in [4.78, 5) is 21.4. The van der Waals surface area contributed by atoms with Gasteiger partial charge in [0.05, 0.1) is 12.0 Å². The summed E-state index contributed by atoms with van der Waals surface area (Å²) in [5.74, 6) is -0.378. The van der Waals surface area contributed by atoms with Crippen LogP contribution in [0.5, 0.6) is 0 Å². The summed E-state index contributed by atoms with van der Waals surface area (Å²) in [7, 11) is 0. The zero-order valence-corrected chi connectivity index (χ0v) is 11.7. The van der Waals surface area contributed by atoms with Gasteiger partial charge in [0.2, 0.25) is 5.91 Å². The van der Waals surface area contributed by atoms with Gasteiger partial charge >= 0.3 is 0 Å². The Morgan fingerprint density at radius 2 is 2.50 bits per heavy atom. The van der Waals surface area contributed by atoms with E-state index in [9.17, 15) is 4.79 Å². The summed E-state index contributed by atoms with van der Waals surface area (Å²) in [5, 5.41) is 0. The second-order valence-electron chi connectivity index (χ2n) is 5.00. The number of rotatable bonds is 5. The first-order valence-electron chi connectivity index (χ1n) is 6.76. The lowest BCUT2D eigenvalue weighted by atomic mass is 9.90. The lowest BCUT2D eigenvalue weighted by Gasteiger charge is -2.30. The van der Waals surface area contributed by atoms with Gasteiger partial charge in [-0.15, -0.1) is 0 Å². The molecule has 1 aliphatic rings. The second-order valence-corrected chi connectivity index (χ2v) is 5.00. The molecule has 1 fully saturated rings. The molecule has 20 heavy (non-hydrogen) atoms. The van der Waals surface area contributed by atoms with Crippen LogP contribution in [0.15, 0.2) is 36.7 Å². The Labute approximate surface area is 118 Å². The highest BCUT2D eigenvalue weighted by atomic mass is 16.7. The summed E-state index contributed by atoms with van der Waals surface area (Å²) >= 11 is 0. The van der Waals surface area contributed by atoms with Crippen molar-refractivity contribution in [3.05, 3.63) is 42.2 Å². The van der Waals surface area contributed by atoms with E-state index in [1.165, 1.54) is 0 Å². The fourth-order valence-electron chi connectivity index (χ4n) is 2.29. The lowest BCUT2D eigenvalue weighted by molar-refractivity contribution is -0.146. The molecule has 5 heteroatoms. The molecule has 1 amide bonds. The van der Waals surface area contributed by atoms with Crippen LogP contribution in [0, 0.1) is 5.92 Å². The number of amides is 1. The van der Waals surface area contributed by atoms with Crippen LogP contribution in [0.25, 0.3) is 0 Å². The van der Waals surface area contributed by atoms with E-state index >= 15 is 0 Å². The van der Waals surface area contributed by atoms with Gasteiger partial charge in [0.25, 0.3) is 0 Å². The number of nitrogens with one attached hydrogen (secondary N) is 1.